The molecule has 174 valence electrons. The Morgan fingerprint density at radius 1 is 0.970 bits per heavy atom. The lowest BCUT2D eigenvalue weighted by atomic mass is 9.81. The van der Waals surface area contributed by atoms with Crippen LogP contribution >= 0.6 is 11.3 Å². The molecule has 2 aliphatic heterocycles. The smallest absolute Gasteiger partial charge is 0.233 e. The van der Waals surface area contributed by atoms with Gasteiger partial charge in [0.2, 0.25) is 17.7 Å². The van der Waals surface area contributed by atoms with Crippen LogP contribution in [-0.4, -0.2) is 70.1 Å². The van der Waals surface area contributed by atoms with Gasteiger partial charge in [-0.15, -0.1) is 11.3 Å². The molecule has 5 rings (SSSR count). The average Bonchev–Trinajstić information content (AvgIpc) is 3.42. The van der Waals surface area contributed by atoms with E-state index in [0.717, 1.165) is 61.6 Å². The molecule has 0 bridgehead atoms. The number of likely N-dealkylation sites (tertiary alicyclic amines) is 1. The second kappa shape index (κ2) is 9.73. The third-order valence-electron chi connectivity index (χ3n) is 7.16. The van der Waals surface area contributed by atoms with E-state index in [4.69, 9.17) is 4.98 Å². The maximum Gasteiger partial charge on any atom is 0.233 e. The minimum Gasteiger partial charge on any atom is -0.340 e. The number of piperazine rings is 1. The summed E-state index contributed by atoms with van der Waals surface area (Å²) in [6, 6.07) is 10.2. The molecule has 3 amide bonds. The zero-order valence-electron chi connectivity index (χ0n) is 18.8. The fourth-order valence-electron chi connectivity index (χ4n) is 5.29. The van der Waals surface area contributed by atoms with Crippen molar-refractivity contribution in [2.24, 2.45) is 11.8 Å². The van der Waals surface area contributed by atoms with Gasteiger partial charge in [-0.25, -0.2) is 4.98 Å². The molecular weight excluding hydrogens is 436 g/mol. The number of carbonyl (C=O) groups excluding carboxylic acids is 3. The van der Waals surface area contributed by atoms with E-state index in [-0.39, 0.29) is 42.5 Å². The lowest BCUT2D eigenvalue weighted by Gasteiger charge is -2.34. The Hall–Kier alpha value is -2.58. The maximum absolute atomic E-state index is 12.8. The summed E-state index contributed by atoms with van der Waals surface area (Å²) in [6.45, 7) is 3.95. The number of imide groups is 1. The normalized spacial score (nSPS) is 23.8. The standard InChI is InChI=1S/C25H30N4O3S/c30-22(10-11-29-24(31)20-8-4-5-9-21(20)25(29)32)28-14-12-27(13-15-28)16-19-17-33-23(26-19)18-6-2-1-3-7-18/h1-3,6-7,17,20-21H,4-5,8-16H2. The van der Waals surface area contributed by atoms with E-state index in [2.05, 4.69) is 22.4 Å². The van der Waals surface area contributed by atoms with Gasteiger partial charge >= 0.3 is 0 Å². The molecule has 1 aromatic heterocycles. The first-order valence-corrected chi connectivity index (χ1v) is 12.8. The summed E-state index contributed by atoms with van der Waals surface area (Å²) in [4.78, 5) is 48.3. The molecule has 3 heterocycles. The highest BCUT2D eigenvalue weighted by Crippen LogP contribution is 2.38. The molecule has 1 saturated carbocycles. The van der Waals surface area contributed by atoms with Crippen LogP contribution in [0.1, 0.15) is 37.8 Å². The van der Waals surface area contributed by atoms with Crippen LogP contribution in [0, 0.1) is 11.8 Å². The molecule has 33 heavy (non-hydrogen) atoms. The lowest BCUT2D eigenvalue weighted by molar-refractivity contribution is -0.141. The monoisotopic (exact) mass is 466 g/mol. The minimum atomic E-state index is -0.141. The van der Waals surface area contributed by atoms with Crippen molar-refractivity contribution in [3.8, 4) is 10.6 Å². The highest BCUT2D eigenvalue weighted by Gasteiger charge is 2.47. The Balaban J connectivity index is 1.08. The zero-order valence-corrected chi connectivity index (χ0v) is 19.6. The van der Waals surface area contributed by atoms with Crippen LogP contribution in [0.4, 0.5) is 0 Å². The lowest BCUT2D eigenvalue weighted by Crippen LogP contribution is -2.49. The van der Waals surface area contributed by atoms with Crippen molar-refractivity contribution in [1.82, 2.24) is 19.7 Å². The van der Waals surface area contributed by atoms with E-state index in [9.17, 15) is 14.4 Å². The summed E-state index contributed by atoms with van der Waals surface area (Å²) >= 11 is 1.66. The maximum atomic E-state index is 12.8. The number of fused-ring (bicyclic) bond motifs is 1. The molecule has 0 spiro atoms. The second-order valence-electron chi connectivity index (χ2n) is 9.24. The van der Waals surface area contributed by atoms with Crippen LogP contribution in [0.15, 0.2) is 35.7 Å². The van der Waals surface area contributed by atoms with Crippen molar-refractivity contribution in [3.63, 3.8) is 0 Å². The van der Waals surface area contributed by atoms with Crippen LogP contribution in [0.2, 0.25) is 0 Å². The summed E-state index contributed by atoms with van der Waals surface area (Å²) in [7, 11) is 0. The van der Waals surface area contributed by atoms with Crippen molar-refractivity contribution in [1.29, 1.82) is 0 Å². The van der Waals surface area contributed by atoms with Crippen molar-refractivity contribution in [2.75, 3.05) is 32.7 Å². The third-order valence-corrected chi connectivity index (χ3v) is 8.10. The van der Waals surface area contributed by atoms with Crippen molar-refractivity contribution in [3.05, 3.63) is 41.4 Å². The van der Waals surface area contributed by atoms with Gasteiger partial charge in [0, 0.05) is 56.6 Å². The summed E-state index contributed by atoms with van der Waals surface area (Å²) in [5.41, 5.74) is 2.20. The molecule has 3 fully saturated rings. The Morgan fingerprint density at radius 3 is 2.30 bits per heavy atom. The first kappa shape index (κ1) is 22.2. The van der Waals surface area contributed by atoms with E-state index in [1.807, 2.05) is 23.1 Å². The van der Waals surface area contributed by atoms with Gasteiger partial charge in [0.1, 0.15) is 5.01 Å². The number of hydrogen-bond acceptors (Lipinski definition) is 6. The summed E-state index contributed by atoms with van der Waals surface area (Å²) in [5.74, 6) is -0.359. The van der Waals surface area contributed by atoms with Crippen LogP contribution in [0.3, 0.4) is 0 Å². The van der Waals surface area contributed by atoms with E-state index in [1.165, 1.54) is 4.90 Å². The molecule has 0 radical (unpaired) electrons. The Morgan fingerprint density at radius 2 is 1.64 bits per heavy atom. The van der Waals surface area contributed by atoms with Crippen molar-refractivity contribution >= 4 is 29.1 Å². The highest BCUT2D eigenvalue weighted by molar-refractivity contribution is 7.13. The number of hydrogen-bond donors (Lipinski definition) is 0. The van der Waals surface area contributed by atoms with Gasteiger partial charge in [-0.05, 0) is 12.8 Å². The van der Waals surface area contributed by atoms with Crippen LogP contribution < -0.4 is 0 Å². The summed E-state index contributed by atoms with van der Waals surface area (Å²) in [5, 5.41) is 3.15. The molecule has 2 atom stereocenters. The number of amides is 3. The number of rotatable bonds is 6. The molecular formula is C25H30N4O3S. The Kier molecular flexibility index (Phi) is 6.55. The molecule has 8 heteroatoms. The van der Waals surface area contributed by atoms with Crippen LogP contribution in [0.5, 0.6) is 0 Å². The van der Waals surface area contributed by atoms with Crippen LogP contribution in [-0.2, 0) is 20.9 Å². The second-order valence-corrected chi connectivity index (χ2v) is 10.1. The first-order chi connectivity index (χ1) is 16.1. The van der Waals surface area contributed by atoms with E-state index in [1.54, 1.807) is 11.3 Å². The molecule has 2 saturated heterocycles. The molecule has 2 aromatic rings. The number of carbonyl (C=O) groups is 3. The number of thiazole rings is 1. The molecule has 3 aliphatic rings. The van der Waals surface area contributed by atoms with Gasteiger partial charge in [-0.1, -0.05) is 43.2 Å². The molecule has 1 aliphatic carbocycles. The van der Waals surface area contributed by atoms with Gasteiger partial charge in [0.25, 0.3) is 0 Å². The van der Waals surface area contributed by atoms with Crippen molar-refractivity contribution in [2.45, 2.75) is 38.6 Å². The molecule has 2 unspecified atom stereocenters. The molecule has 0 N–H and O–H groups in total. The zero-order chi connectivity index (χ0) is 22.8. The SMILES string of the molecule is O=C(CCN1C(=O)C2CCCCC2C1=O)N1CCN(Cc2csc(-c3ccccc3)n2)CC1. The van der Waals surface area contributed by atoms with Gasteiger partial charge in [-0.3, -0.25) is 24.2 Å². The average molecular weight is 467 g/mol. The van der Waals surface area contributed by atoms with Gasteiger partial charge in [-0.2, -0.15) is 0 Å². The van der Waals surface area contributed by atoms with Gasteiger partial charge in [0.15, 0.2) is 0 Å². The number of nitrogens with zero attached hydrogens (tertiary/aromatic N) is 4. The Bertz CT molecular complexity index is 992. The number of aromatic nitrogens is 1. The predicted octanol–water partition coefficient (Wildman–Crippen LogP) is 3.02. The fourth-order valence-corrected chi connectivity index (χ4v) is 6.11. The van der Waals surface area contributed by atoms with Crippen LogP contribution in [0.25, 0.3) is 10.6 Å². The highest BCUT2D eigenvalue weighted by atomic mass is 32.1. The quantitative estimate of drug-likeness (QED) is 0.612. The fraction of sp³-hybridized carbons (Fsp3) is 0.520. The third kappa shape index (κ3) is 4.73. The molecule has 1 aromatic carbocycles. The summed E-state index contributed by atoms with van der Waals surface area (Å²) < 4.78 is 0. The minimum absolute atomic E-state index is 0.0325. The van der Waals surface area contributed by atoms with Gasteiger partial charge in [0.05, 0.1) is 17.5 Å². The predicted molar refractivity (Wildman–Crippen MR) is 126 cm³/mol. The van der Waals surface area contributed by atoms with Gasteiger partial charge < -0.3 is 4.90 Å². The van der Waals surface area contributed by atoms with E-state index in [0.29, 0.717) is 13.1 Å². The van der Waals surface area contributed by atoms with Crippen molar-refractivity contribution < 1.29 is 14.4 Å². The van der Waals surface area contributed by atoms with E-state index < -0.39 is 0 Å². The molecule has 7 nitrogen and oxygen atoms in total. The first-order valence-electron chi connectivity index (χ1n) is 12.0. The largest absolute Gasteiger partial charge is 0.340 e. The summed E-state index contributed by atoms with van der Waals surface area (Å²) in [6.07, 6.45) is 3.89. The number of benzene rings is 1. The van der Waals surface area contributed by atoms with E-state index >= 15 is 0 Å². The topological polar surface area (TPSA) is 73.8 Å². The Labute approximate surface area is 198 Å².